The van der Waals surface area contributed by atoms with E-state index in [1.807, 2.05) is 48.5 Å². The molecule has 1 aromatic heterocycles. The van der Waals surface area contributed by atoms with Gasteiger partial charge in [0.1, 0.15) is 23.8 Å². The van der Waals surface area contributed by atoms with Gasteiger partial charge in [0, 0.05) is 54.0 Å². The Morgan fingerprint density at radius 1 is 0.976 bits per heavy atom. The summed E-state index contributed by atoms with van der Waals surface area (Å²) < 4.78 is 26.9. The van der Waals surface area contributed by atoms with E-state index in [0.29, 0.717) is 54.9 Å². The quantitative estimate of drug-likeness (QED) is 0.160. The molecular formula is C33H34FN4O4+. The minimum Gasteiger partial charge on any atom is -0.492 e. The molecule has 6 rings (SSSR count). The number of ether oxygens (including phenoxy) is 2. The van der Waals surface area contributed by atoms with Crippen LogP contribution in [0.2, 0.25) is 0 Å². The summed E-state index contributed by atoms with van der Waals surface area (Å²) in [6.07, 6.45) is 5.85. The fourth-order valence-electron chi connectivity index (χ4n) is 5.44. The molecule has 8 nitrogen and oxygen atoms in total. The Morgan fingerprint density at radius 3 is 2.64 bits per heavy atom. The second-order valence-electron chi connectivity index (χ2n) is 11.0. The smallest absolute Gasteiger partial charge is 0.315 e. The summed E-state index contributed by atoms with van der Waals surface area (Å²) in [5.74, 6) is 1.32. The summed E-state index contributed by atoms with van der Waals surface area (Å²) in [7, 11) is 0. The summed E-state index contributed by atoms with van der Waals surface area (Å²) in [5.41, 5.74) is 1.91. The van der Waals surface area contributed by atoms with Crippen molar-refractivity contribution in [2.45, 2.75) is 50.6 Å². The number of pyridine rings is 1. The first-order chi connectivity index (χ1) is 20.5. The van der Waals surface area contributed by atoms with Gasteiger partial charge in [-0.1, -0.05) is 18.2 Å². The van der Waals surface area contributed by atoms with Crippen molar-refractivity contribution in [3.63, 3.8) is 0 Å². The van der Waals surface area contributed by atoms with Gasteiger partial charge in [0.05, 0.1) is 11.9 Å². The molecule has 0 radical (unpaired) electrons. The normalized spacial score (nSPS) is 18.8. The van der Waals surface area contributed by atoms with Gasteiger partial charge in [-0.25, -0.2) is 9.18 Å². The van der Waals surface area contributed by atoms with Crippen molar-refractivity contribution < 1.29 is 28.8 Å². The SMILES string of the molecule is O=C(CCCCC(=O)[NH2+]c1ccc(Oc2ccnc3cc(OCC4CC5CC5N4)ccc23)c(F)c1)Nc1ccccc1. The number of piperidine rings is 1. The van der Waals surface area contributed by atoms with E-state index in [1.54, 1.807) is 18.3 Å². The molecule has 3 unspecified atom stereocenters. The number of unbranched alkanes of at least 4 members (excludes halogenated alkanes) is 1. The Kier molecular flexibility index (Phi) is 8.39. The fraction of sp³-hybridized carbons (Fsp3) is 0.303. The first-order valence-electron chi connectivity index (χ1n) is 14.5. The predicted molar refractivity (Wildman–Crippen MR) is 157 cm³/mol. The molecule has 1 aliphatic carbocycles. The molecule has 2 amide bonds. The third-order valence-electron chi connectivity index (χ3n) is 7.72. The number of para-hydroxylation sites is 1. The maximum atomic E-state index is 15.0. The lowest BCUT2D eigenvalue weighted by atomic mass is 10.1. The number of fused-ring (bicyclic) bond motifs is 2. The van der Waals surface area contributed by atoms with Crippen LogP contribution in [0, 0.1) is 11.7 Å². The molecule has 9 heteroatoms. The number of nitrogens with one attached hydrogen (secondary N) is 2. The summed E-state index contributed by atoms with van der Waals surface area (Å²) in [6.45, 7) is 0.623. The zero-order valence-electron chi connectivity index (χ0n) is 23.2. The first-order valence-corrected chi connectivity index (χ1v) is 14.5. The van der Waals surface area contributed by atoms with E-state index >= 15 is 0 Å². The number of hydrogen-bond acceptors (Lipinski definition) is 6. The van der Waals surface area contributed by atoms with E-state index in [4.69, 9.17) is 9.47 Å². The van der Waals surface area contributed by atoms with Crippen molar-refractivity contribution in [2.24, 2.45) is 5.92 Å². The van der Waals surface area contributed by atoms with Gasteiger partial charge >= 0.3 is 5.91 Å². The van der Waals surface area contributed by atoms with Gasteiger partial charge in [-0.15, -0.1) is 0 Å². The monoisotopic (exact) mass is 569 g/mol. The molecule has 2 aliphatic rings. The van der Waals surface area contributed by atoms with Gasteiger partial charge in [-0.3, -0.25) is 15.1 Å². The standard InChI is InChI=1S/C33H33FN4O4/c34-27-18-23(38-33(40)9-5-4-8-32(39)37-22-6-2-1-3-7-22)10-13-31(27)42-30-14-15-35-29-19-25(11-12-26(29)30)41-20-24-16-21-17-28(21)36-24/h1-3,6-7,10-15,18-19,21,24,28,36H,4-5,8-9,16-17,20H2,(H,37,39)(H,38,40)/p+1. The maximum Gasteiger partial charge on any atom is 0.315 e. The molecule has 1 saturated carbocycles. The second-order valence-corrected chi connectivity index (χ2v) is 11.0. The number of amides is 2. The number of rotatable bonds is 12. The molecule has 3 aromatic carbocycles. The van der Waals surface area contributed by atoms with Gasteiger partial charge < -0.3 is 20.1 Å². The molecule has 4 aromatic rings. The van der Waals surface area contributed by atoms with Crippen molar-refractivity contribution >= 4 is 34.1 Å². The zero-order chi connectivity index (χ0) is 28.9. The number of halogens is 1. The highest BCUT2D eigenvalue weighted by Gasteiger charge is 2.45. The van der Waals surface area contributed by atoms with Crippen LogP contribution in [0.1, 0.15) is 38.5 Å². The van der Waals surface area contributed by atoms with Gasteiger partial charge in [-0.2, -0.15) is 0 Å². The molecule has 4 N–H and O–H groups in total. The average molecular weight is 570 g/mol. The summed E-state index contributed by atoms with van der Waals surface area (Å²) in [4.78, 5) is 28.9. The Bertz CT molecular complexity index is 1570. The molecule has 42 heavy (non-hydrogen) atoms. The van der Waals surface area contributed by atoms with Crippen LogP contribution < -0.4 is 25.4 Å². The summed E-state index contributed by atoms with van der Waals surface area (Å²) in [6, 6.07) is 22.1. The van der Waals surface area contributed by atoms with Crippen LogP contribution in [0.3, 0.4) is 0 Å². The van der Waals surface area contributed by atoms with Gasteiger partial charge in [0.15, 0.2) is 11.6 Å². The third-order valence-corrected chi connectivity index (χ3v) is 7.72. The van der Waals surface area contributed by atoms with Crippen LogP contribution in [0.15, 0.2) is 79.0 Å². The molecule has 216 valence electrons. The Labute approximate surface area is 243 Å². The highest BCUT2D eigenvalue weighted by molar-refractivity contribution is 5.90. The second kappa shape index (κ2) is 12.7. The Hall–Kier alpha value is -4.34. The van der Waals surface area contributed by atoms with Gasteiger partial charge in [-0.05, 0) is 68.0 Å². The van der Waals surface area contributed by atoms with Crippen molar-refractivity contribution in [1.82, 2.24) is 10.3 Å². The van der Waals surface area contributed by atoms with Crippen LogP contribution >= 0.6 is 0 Å². The number of nitrogens with two attached hydrogens (primary N) is 1. The molecule has 3 atom stereocenters. The number of quaternary nitrogens is 1. The zero-order valence-corrected chi connectivity index (χ0v) is 23.2. The van der Waals surface area contributed by atoms with Crippen LogP contribution in [0.5, 0.6) is 17.2 Å². The van der Waals surface area contributed by atoms with E-state index < -0.39 is 5.82 Å². The van der Waals surface area contributed by atoms with Crippen molar-refractivity contribution in [2.75, 3.05) is 11.9 Å². The van der Waals surface area contributed by atoms with E-state index in [0.717, 1.165) is 22.7 Å². The molecule has 0 bridgehead atoms. The molecule has 2 fully saturated rings. The van der Waals surface area contributed by atoms with Crippen molar-refractivity contribution in [1.29, 1.82) is 0 Å². The van der Waals surface area contributed by atoms with E-state index in [9.17, 15) is 14.0 Å². The number of aromatic nitrogens is 1. The predicted octanol–water partition coefficient (Wildman–Crippen LogP) is 5.22. The minimum absolute atomic E-state index is 0.0581. The molecule has 1 saturated heterocycles. The topological polar surface area (TPSA) is 106 Å². The van der Waals surface area contributed by atoms with Crippen LogP contribution in [0.25, 0.3) is 10.9 Å². The number of hydrogen-bond donors (Lipinski definition) is 3. The summed E-state index contributed by atoms with van der Waals surface area (Å²) >= 11 is 0. The lowest BCUT2D eigenvalue weighted by Gasteiger charge is -2.15. The highest BCUT2D eigenvalue weighted by atomic mass is 19.1. The third kappa shape index (κ3) is 7.10. The number of carbonyl (C=O) groups is 2. The highest BCUT2D eigenvalue weighted by Crippen LogP contribution is 2.40. The van der Waals surface area contributed by atoms with E-state index in [1.165, 1.54) is 30.3 Å². The largest absolute Gasteiger partial charge is 0.492 e. The molecule has 2 heterocycles. The van der Waals surface area contributed by atoms with Crippen LogP contribution in [0.4, 0.5) is 15.8 Å². The number of primary amides is 1. The average Bonchev–Trinajstić information content (AvgIpc) is 3.60. The van der Waals surface area contributed by atoms with Gasteiger partial charge in [0.25, 0.3) is 0 Å². The summed E-state index contributed by atoms with van der Waals surface area (Å²) in [5, 5.41) is 8.58. The fourth-order valence-corrected chi connectivity index (χ4v) is 5.44. The maximum absolute atomic E-state index is 15.0. The van der Waals surface area contributed by atoms with Crippen LogP contribution in [-0.4, -0.2) is 35.5 Å². The lowest BCUT2D eigenvalue weighted by Crippen LogP contribution is -2.82. The Balaban J connectivity index is 0.981. The molecule has 0 spiro atoms. The van der Waals surface area contributed by atoms with Crippen LogP contribution in [-0.2, 0) is 9.59 Å². The number of nitrogens with zero attached hydrogens (tertiary/aromatic N) is 1. The van der Waals surface area contributed by atoms with E-state index in [-0.39, 0.29) is 24.0 Å². The van der Waals surface area contributed by atoms with Crippen molar-refractivity contribution in [3.05, 3.63) is 84.8 Å². The van der Waals surface area contributed by atoms with E-state index in [2.05, 4.69) is 15.6 Å². The number of benzene rings is 3. The van der Waals surface area contributed by atoms with Crippen molar-refractivity contribution in [3.8, 4) is 17.2 Å². The Morgan fingerprint density at radius 2 is 1.83 bits per heavy atom. The number of anilines is 1. The molecule has 1 aliphatic heterocycles. The van der Waals surface area contributed by atoms with Gasteiger partial charge in [0.2, 0.25) is 5.91 Å². The lowest BCUT2D eigenvalue weighted by molar-refractivity contribution is -0.484. The first kappa shape index (κ1) is 27.8. The minimum atomic E-state index is -0.568. The molecular weight excluding hydrogens is 535 g/mol. The number of carbonyl (C=O) groups excluding carboxylic acids is 2.